The lowest BCUT2D eigenvalue weighted by Gasteiger charge is -2.03. The van der Waals surface area contributed by atoms with E-state index in [1.165, 1.54) is 0 Å². The number of hydrogen-bond acceptors (Lipinski definition) is 5. The first-order valence-corrected chi connectivity index (χ1v) is 6.97. The maximum absolute atomic E-state index is 11.5. The number of amides is 1. The third kappa shape index (κ3) is 4.05. The third-order valence-corrected chi connectivity index (χ3v) is 2.95. The Balaban J connectivity index is 2.00. The van der Waals surface area contributed by atoms with Crippen LogP contribution in [0.15, 0.2) is 28.8 Å². The van der Waals surface area contributed by atoms with E-state index in [9.17, 15) is 4.79 Å². The third-order valence-electron chi connectivity index (χ3n) is 2.95. The van der Waals surface area contributed by atoms with Crippen LogP contribution >= 0.6 is 0 Å². The van der Waals surface area contributed by atoms with E-state index >= 15 is 0 Å². The van der Waals surface area contributed by atoms with Crippen LogP contribution in [0.5, 0.6) is 5.75 Å². The summed E-state index contributed by atoms with van der Waals surface area (Å²) >= 11 is 0. The number of carbonyl (C=O) groups is 1. The Morgan fingerprint density at radius 3 is 2.95 bits per heavy atom. The molecule has 0 spiro atoms. The number of nitrogens with one attached hydrogen (secondary N) is 1. The van der Waals surface area contributed by atoms with Gasteiger partial charge in [0.05, 0.1) is 12.7 Å². The number of aromatic nitrogens is 2. The van der Waals surface area contributed by atoms with Crippen LogP contribution in [0.25, 0.3) is 11.4 Å². The number of rotatable bonds is 7. The molecule has 0 aliphatic carbocycles. The SMILES string of the molecule is CCCNC(=O)CCc1nc(-c2ccccc2OC)no1. The molecule has 112 valence electrons. The molecule has 1 amide bonds. The number of methoxy groups -OCH3 is 1. The van der Waals surface area contributed by atoms with Crippen LogP contribution in [0, 0.1) is 0 Å². The number of para-hydroxylation sites is 1. The molecule has 1 aromatic heterocycles. The van der Waals surface area contributed by atoms with Crippen molar-refractivity contribution >= 4 is 5.91 Å². The van der Waals surface area contributed by atoms with Gasteiger partial charge in [-0.25, -0.2) is 0 Å². The van der Waals surface area contributed by atoms with Gasteiger partial charge in [-0.05, 0) is 18.6 Å². The minimum Gasteiger partial charge on any atom is -0.496 e. The lowest BCUT2D eigenvalue weighted by Crippen LogP contribution is -2.24. The number of nitrogens with zero attached hydrogens (tertiary/aromatic N) is 2. The van der Waals surface area contributed by atoms with Gasteiger partial charge in [-0.1, -0.05) is 24.2 Å². The van der Waals surface area contributed by atoms with Crippen molar-refractivity contribution in [2.24, 2.45) is 0 Å². The molecule has 6 nitrogen and oxygen atoms in total. The standard InChI is InChI=1S/C15H19N3O3/c1-3-10-16-13(19)8-9-14-17-15(18-21-14)11-6-4-5-7-12(11)20-2/h4-7H,3,8-10H2,1-2H3,(H,16,19). The summed E-state index contributed by atoms with van der Waals surface area (Å²) in [6, 6.07) is 7.46. The smallest absolute Gasteiger partial charge is 0.227 e. The Bertz CT molecular complexity index is 595. The number of ether oxygens (including phenoxy) is 1. The zero-order valence-electron chi connectivity index (χ0n) is 12.3. The number of aryl methyl sites for hydroxylation is 1. The van der Waals surface area contributed by atoms with Crippen LogP contribution in [0.2, 0.25) is 0 Å². The van der Waals surface area contributed by atoms with E-state index in [0.717, 1.165) is 12.0 Å². The first-order valence-electron chi connectivity index (χ1n) is 6.97. The van der Waals surface area contributed by atoms with E-state index in [4.69, 9.17) is 9.26 Å². The summed E-state index contributed by atoms with van der Waals surface area (Å²) in [4.78, 5) is 15.8. The Morgan fingerprint density at radius 2 is 2.19 bits per heavy atom. The summed E-state index contributed by atoms with van der Waals surface area (Å²) in [6.07, 6.45) is 1.69. The first-order chi connectivity index (χ1) is 10.2. The minimum absolute atomic E-state index is 0.00566. The number of hydrogen-bond donors (Lipinski definition) is 1. The normalized spacial score (nSPS) is 10.4. The highest BCUT2D eigenvalue weighted by molar-refractivity contribution is 5.76. The molecule has 6 heteroatoms. The molecule has 0 unspecified atom stereocenters. The van der Waals surface area contributed by atoms with Crippen LogP contribution in [0.3, 0.4) is 0 Å². The summed E-state index contributed by atoms with van der Waals surface area (Å²) < 4.78 is 10.4. The molecule has 2 aromatic rings. The van der Waals surface area contributed by atoms with Crippen molar-refractivity contribution in [3.8, 4) is 17.1 Å². The van der Waals surface area contributed by atoms with E-state index < -0.39 is 0 Å². The highest BCUT2D eigenvalue weighted by Crippen LogP contribution is 2.27. The molecular formula is C15H19N3O3. The minimum atomic E-state index is -0.00566. The summed E-state index contributed by atoms with van der Waals surface area (Å²) in [6.45, 7) is 2.70. The average molecular weight is 289 g/mol. The molecule has 0 radical (unpaired) electrons. The fourth-order valence-electron chi connectivity index (χ4n) is 1.87. The van der Waals surface area contributed by atoms with Crippen LogP contribution in [0.4, 0.5) is 0 Å². The van der Waals surface area contributed by atoms with Crippen molar-refractivity contribution in [3.63, 3.8) is 0 Å². The van der Waals surface area contributed by atoms with Crippen LogP contribution in [-0.4, -0.2) is 29.7 Å². The van der Waals surface area contributed by atoms with E-state index in [1.54, 1.807) is 7.11 Å². The first kappa shape index (κ1) is 15.0. The van der Waals surface area contributed by atoms with Crippen molar-refractivity contribution in [2.45, 2.75) is 26.2 Å². The molecule has 21 heavy (non-hydrogen) atoms. The van der Waals surface area contributed by atoms with Crippen molar-refractivity contribution in [1.82, 2.24) is 15.5 Å². The highest BCUT2D eigenvalue weighted by Gasteiger charge is 2.13. The van der Waals surface area contributed by atoms with Gasteiger partial charge < -0.3 is 14.6 Å². The molecule has 0 aliphatic heterocycles. The monoisotopic (exact) mass is 289 g/mol. The molecule has 1 heterocycles. The lowest BCUT2D eigenvalue weighted by atomic mass is 10.2. The quantitative estimate of drug-likeness (QED) is 0.845. The van der Waals surface area contributed by atoms with E-state index in [1.807, 2.05) is 31.2 Å². The molecule has 0 atom stereocenters. The predicted molar refractivity (Wildman–Crippen MR) is 77.9 cm³/mol. The van der Waals surface area contributed by atoms with Gasteiger partial charge in [0, 0.05) is 19.4 Å². The molecular weight excluding hydrogens is 270 g/mol. The maximum atomic E-state index is 11.5. The second-order valence-corrected chi connectivity index (χ2v) is 4.56. The largest absolute Gasteiger partial charge is 0.496 e. The molecule has 0 saturated carbocycles. The number of carbonyl (C=O) groups excluding carboxylic acids is 1. The van der Waals surface area contributed by atoms with Crippen LogP contribution in [0.1, 0.15) is 25.7 Å². The summed E-state index contributed by atoms with van der Waals surface area (Å²) in [5.74, 6) is 1.60. The topological polar surface area (TPSA) is 77.2 Å². The van der Waals surface area contributed by atoms with Crippen LogP contribution in [-0.2, 0) is 11.2 Å². The molecule has 0 fully saturated rings. The van der Waals surface area contributed by atoms with E-state index in [0.29, 0.717) is 36.9 Å². The second-order valence-electron chi connectivity index (χ2n) is 4.56. The predicted octanol–water partition coefficient (Wildman–Crippen LogP) is 2.20. The highest BCUT2D eigenvalue weighted by atomic mass is 16.5. The summed E-state index contributed by atoms with van der Waals surface area (Å²) in [5, 5.41) is 6.75. The van der Waals surface area contributed by atoms with Gasteiger partial charge in [0.2, 0.25) is 17.6 Å². The van der Waals surface area contributed by atoms with Gasteiger partial charge in [-0.15, -0.1) is 0 Å². The van der Waals surface area contributed by atoms with Gasteiger partial charge in [-0.2, -0.15) is 4.98 Å². The molecule has 0 bridgehead atoms. The molecule has 0 aliphatic rings. The van der Waals surface area contributed by atoms with Crippen molar-refractivity contribution in [1.29, 1.82) is 0 Å². The lowest BCUT2D eigenvalue weighted by molar-refractivity contribution is -0.121. The zero-order valence-corrected chi connectivity index (χ0v) is 12.3. The van der Waals surface area contributed by atoms with Crippen molar-refractivity contribution in [2.75, 3.05) is 13.7 Å². The molecule has 1 N–H and O–H groups in total. The average Bonchev–Trinajstić information content (AvgIpc) is 2.99. The van der Waals surface area contributed by atoms with Gasteiger partial charge in [0.15, 0.2) is 0 Å². The van der Waals surface area contributed by atoms with E-state index in [2.05, 4.69) is 15.5 Å². The van der Waals surface area contributed by atoms with Crippen molar-refractivity contribution in [3.05, 3.63) is 30.2 Å². The van der Waals surface area contributed by atoms with Gasteiger partial charge in [0.1, 0.15) is 5.75 Å². The van der Waals surface area contributed by atoms with Gasteiger partial charge in [-0.3, -0.25) is 4.79 Å². The Kier molecular flexibility index (Phi) is 5.31. The Labute approximate surface area is 123 Å². The van der Waals surface area contributed by atoms with Gasteiger partial charge in [0.25, 0.3) is 0 Å². The number of benzene rings is 1. The molecule has 0 saturated heterocycles. The summed E-state index contributed by atoms with van der Waals surface area (Å²) in [5.41, 5.74) is 0.769. The zero-order chi connectivity index (χ0) is 15.1. The van der Waals surface area contributed by atoms with Crippen LogP contribution < -0.4 is 10.1 Å². The van der Waals surface area contributed by atoms with Crippen molar-refractivity contribution < 1.29 is 14.1 Å². The second kappa shape index (κ2) is 7.42. The fourth-order valence-corrected chi connectivity index (χ4v) is 1.87. The Hall–Kier alpha value is -2.37. The summed E-state index contributed by atoms with van der Waals surface area (Å²) in [7, 11) is 1.60. The van der Waals surface area contributed by atoms with Gasteiger partial charge >= 0.3 is 0 Å². The Morgan fingerprint density at radius 1 is 1.38 bits per heavy atom. The fraction of sp³-hybridized carbons (Fsp3) is 0.400. The maximum Gasteiger partial charge on any atom is 0.227 e. The van der Waals surface area contributed by atoms with E-state index in [-0.39, 0.29) is 5.91 Å². The molecule has 1 aromatic carbocycles. The molecule has 2 rings (SSSR count).